The first kappa shape index (κ1) is 14.7. The Balaban J connectivity index is 2.58. The molecule has 106 valence electrons. The van der Waals surface area contributed by atoms with Gasteiger partial charge < -0.3 is 0 Å². The van der Waals surface area contributed by atoms with Crippen LogP contribution in [0.25, 0.3) is 0 Å². The molecule has 1 aromatic heterocycles. The van der Waals surface area contributed by atoms with Crippen molar-refractivity contribution < 1.29 is 12.8 Å². The summed E-state index contributed by atoms with van der Waals surface area (Å²) in [5, 5.41) is 0.0507. The van der Waals surface area contributed by atoms with Gasteiger partial charge in [-0.2, -0.15) is 0 Å². The largest absolute Gasteiger partial charge is 0.267 e. The van der Waals surface area contributed by atoms with E-state index in [1.807, 2.05) is 0 Å². The molecule has 0 aliphatic heterocycles. The number of hydrogen-bond donors (Lipinski definition) is 0. The Kier molecular flexibility index (Phi) is 4.25. The number of sulfonamides is 1. The predicted molar refractivity (Wildman–Crippen MR) is 75.9 cm³/mol. The van der Waals surface area contributed by atoms with E-state index in [0.29, 0.717) is 0 Å². The van der Waals surface area contributed by atoms with Crippen LogP contribution < -0.4 is 4.31 Å². The Bertz CT molecular complexity index is 722. The van der Waals surface area contributed by atoms with Gasteiger partial charge >= 0.3 is 0 Å². The fourth-order valence-corrected chi connectivity index (χ4v) is 3.69. The molecule has 0 saturated carbocycles. The van der Waals surface area contributed by atoms with Gasteiger partial charge in [0.25, 0.3) is 10.0 Å². The molecule has 1 aromatic carbocycles. The third kappa shape index (κ3) is 2.62. The monoisotopic (exact) mass is 314 g/mol. The van der Waals surface area contributed by atoms with E-state index >= 15 is 0 Å². The van der Waals surface area contributed by atoms with Gasteiger partial charge in [0.2, 0.25) is 0 Å². The van der Waals surface area contributed by atoms with Gasteiger partial charge in [-0.25, -0.2) is 12.8 Å². The Morgan fingerprint density at radius 1 is 1.30 bits per heavy atom. The lowest BCUT2D eigenvalue weighted by Crippen LogP contribution is -2.31. The van der Waals surface area contributed by atoms with Gasteiger partial charge in [-0.1, -0.05) is 23.7 Å². The van der Waals surface area contributed by atoms with Crippen molar-refractivity contribution in [2.24, 2.45) is 0 Å². The molecule has 0 aliphatic carbocycles. The minimum atomic E-state index is -3.96. The molecular formula is C13H12ClFN2O2S. The second kappa shape index (κ2) is 5.76. The van der Waals surface area contributed by atoms with Crippen LogP contribution in [0.5, 0.6) is 0 Å². The molecule has 0 radical (unpaired) electrons. The number of pyridine rings is 1. The van der Waals surface area contributed by atoms with Crippen molar-refractivity contribution in [2.75, 3.05) is 10.8 Å². The summed E-state index contributed by atoms with van der Waals surface area (Å²) in [5.74, 6) is -0.613. The Morgan fingerprint density at radius 3 is 2.60 bits per heavy atom. The van der Waals surface area contributed by atoms with E-state index in [9.17, 15) is 12.8 Å². The molecule has 0 fully saturated rings. The highest BCUT2D eigenvalue weighted by Crippen LogP contribution is 2.28. The van der Waals surface area contributed by atoms with Crippen LogP contribution in [0.1, 0.15) is 6.92 Å². The molecular weight excluding hydrogens is 303 g/mol. The minimum Gasteiger partial charge on any atom is -0.264 e. The fraction of sp³-hybridized carbons (Fsp3) is 0.154. The number of rotatable bonds is 4. The van der Waals surface area contributed by atoms with Crippen LogP contribution >= 0.6 is 11.6 Å². The number of hydrogen-bond acceptors (Lipinski definition) is 3. The molecule has 0 unspecified atom stereocenters. The second-order valence-electron chi connectivity index (χ2n) is 3.93. The van der Waals surface area contributed by atoms with Crippen LogP contribution in [0.3, 0.4) is 0 Å². The van der Waals surface area contributed by atoms with E-state index in [2.05, 4.69) is 4.98 Å². The van der Waals surface area contributed by atoms with Crippen LogP contribution in [0.4, 0.5) is 10.1 Å². The van der Waals surface area contributed by atoms with Gasteiger partial charge in [0.1, 0.15) is 10.7 Å². The SMILES string of the molecule is CCN(c1ccccc1F)S(=O)(=O)c1cnccc1Cl. The first-order valence-corrected chi connectivity index (χ1v) is 7.67. The molecule has 0 aliphatic rings. The van der Waals surface area contributed by atoms with Crippen molar-refractivity contribution in [3.63, 3.8) is 0 Å². The number of anilines is 1. The highest BCUT2D eigenvalue weighted by atomic mass is 35.5. The lowest BCUT2D eigenvalue weighted by Gasteiger charge is -2.23. The number of para-hydroxylation sites is 1. The number of aromatic nitrogens is 1. The molecule has 0 bridgehead atoms. The Labute approximate surface area is 121 Å². The summed E-state index contributed by atoms with van der Waals surface area (Å²) in [7, 11) is -3.96. The van der Waals surface area contributed by atoms with Crippen LogP contribution in [0.2, 0.25) is 5.02 Å². The average molecular weight is 315 g/mol. The van der Waals surface area contributed by atoms with Gasteiger partial charge in [0.05, 0.1) is 10.7 Å². The molecule has 2 rings (SSSR count). The zero-order valence-corrected chi connectivity index (χ0v) is 12.2. The predicted octanol–water partition coefficient (Wildman–Crippen LogP) is 3.09. The molecule has 2 aromatic rings. The summed E-state index contributed by atoms with van der Waals surface area (Å²) in [6.07, 6.45) is 2.54. The molecule has 7 heteroatoms. The van der Waals surface area contributed by atoms with Gasteiger partial charge in [-0.15, -0.1) is 0 Å². The van der Waals surface area contributed by atoms with Crippen LogP contribution in [0.15, 0.2) is 47.6 Å². The first-order chi connectivity index (χ1) is 9.48. The van der Waals surface area contributed by atoms with E-state index in [-0.39, 0.29) is 22.2 Å². The third-order valence-electron chi connectivity index (χ3n) is 2.71. The van der Waals surface area contributed by atoms with Gasteiger partial charge in [-0.05, 0) is 25.1 Å². The Hall–Kier alpha value is -1.66. The number of benzene rings is 1. The van der Waals surface area contributed by atoms with Crippen molar-refractivity contribution >= 4 is 27.3 Å². The lowest BCUT2D eigenvalue weighted by molar-refractivity contribution is 0.586. The molecule has 0 amide bonds. The van der Waals surface area contributed by atoms with E-state index < -0.39 is 15.8 Å². The number of halogens is 2. The summed E-state index contributed by atoms with van der Waals surface area (Å²) in [6, 6.07) is 7.06. The van der Waals surface area contributed by atoms with E-state index in [1.165, 1.54) is 30.5 Å². The van der Waals surface area contributed by atoms with E-state index in [0.717, 1.165) is 10.5 Å². The van der Waals surface area contributed by atoms with Crippen molar-refractivity contribution in [1.29, 1.82) is 0 Å². The molecule has 0 spiro atoms. The maximum Gasteiger partial charge on any atom is 0.267 e. The molecule has 0 atom stereocenters. The number of nitrogens with zero attached hydrogens (tertiary/aromatic N) is 2. The summed E-state index contributed by atoms with van der Waals surface area (Å²) in [6.45, 7) is 1.70. The maximum absolute atomic E-state index is 13.8. The van der Waals surface area contributed by atoms with Crippen molar-refractivity contribution in [3.8, 4) is 0 Å². The van der Waals surface area contributed by atoms with Gasteiger partial charge in [0, 0.05) is 18.9 Å². The van der Waals surface area contributed by atoms with E-state index in [1.54, 1.807) is 13.0 Å². The standard InChI is InChI=1S/C13H12ClFN2O2S/c1-2-17(12-6-4-3-5-11(12)15)20(18,19)13-9-16-8-7-10(13)14/h3-9H,2H2,1H3. The maximum atomic E-state index is 13.8. The molecule has 20 heavy (non-hydrogen) atoms. The molecule has 0 N–H and O–H groups in total. The topological polar surface area (TPSA) is 50.3 Å². The lowest BCUT2D eigenvalue weighted by atomic mass is 10.3. The third-order valence-corrected chi connectivity index (χ3v) is 5.07. The van der Waals surface area contributed by atoms with E-state index in [4.69, 9.17) is 11.6 Å². The quantitative estimate of drug-likeness (QED) is 0.871. The zero-order chi connectivity index (χ0) is 14.8. The van der Waals surface area contributed by atoms with Crippen LogP contribution in [-0.4, -0.2) is 19.9 Å². The highest BCUT2D eigenvalue weighted by molar-refractivity contribution is 7.93. The summed E-state index contributed by atoms with van der Waals surface area (Å²) < 4.78 is 39.9. The van der Waals surface area contributed by atoms with Gasteiger partial charge in [0.15, 0.2) is 0 Å². The van der Waals surface area contributed by atoms with Crippen LogP contribution in [0, 0.1) is 5.82 Å². The van der Waals surface area contributed by atoms with Crippen molar-refractivity contribution in [1.82, 2.24) is 4.98 Å². The summed E-state index contributed by atoms with van der Waals surface area (Å²) >= 11 is 5.90. The fourth-order valence-electron chi connectivity index (χ4n) is 1.80. The summed E-state index contributed by atoms with van der Waals surface area (Å²) in [4.78, 5) is 3.61. The van der Waals surface area contributed by atoms with Gasteiger partial charge in [-0.3, -0.25) is 9.29 Å². The summed E-state index contributed by atoms with van der Waals surface area (Å²) in [5.41, 5.74) is -0.0186. The average Bonchev–Trinajstić information content (AvgIpc) is 2.42. The highest BCUT2D eigenvalue weighted by Gasteiger charge is 2.27. The van der Waals surface area contributed by atoms with Crippen molar-refractivity contribution in [2.45, 2.75) is 11.8 Å². The Morgan fingerprint density at radius 2 is 2.00 bits per heavy atom. The minimum absolute atomic E-state index is 0.0186. The molecule has 1 heterocycles. The van der Waals surface area contributed by atoms with Crippen LogP contribution in [-0.2, 0) is 10.0 Å². The zero-order valence-electron chi connectivity index (χ0n) is 10.6. The molecule has 0 saturated heterocycles. The second-order valence-corrected chi connectivity index (χ2v) is 6.17. The molecule has 4 nitrogen and oxygen atoms in total. The first-order valence-electron chi connectivity index (χ1n) is 5.85. The smallest absolute Gasteiger partial charge is 0.264 e. The normalized spacial score (nSPS) is 11.3. The van der Waals surface area contributed by atoms with Crippen molar-refractivity contribution in [3.05, 3.63) is 53.6 Å².